The van der Waals surface area contributed by atoms with Gasteiger partial charge in [0, 0.05) is 0 Å². The van der Waals surface area contributed by atoms with E-state index < -0.39 is 0 Å². The van der Waals surface area contributed by atoms with Gasteiger partial charge in [-0.3, -0.25) is 0 Å². The number of hydrogen-bond donors (Lipinski definition) is 0. The Bertz CT molecular complexity index is 290. The van der Waals surface area contributed by atoms with Crippen LogP contribution in [0.2, 0.25) is 0 Å². The summed E-state index contributed by atoms with van der Waals surface area (Å²) < 4.78 is 7.50. The SMILES string of the molecule is CCCCCCCCCCCCCCCCC=C1CC1C.[C-]#[O+]. The molecule has 1 nitrogen and oxygen atoms in total. The van der Waals surface area contributed by atoms with Crippen LogP contribution in [0.15, 0.2) is 11.6 Å². The fourth-order valence-corrected chi connectivity index (χ4v) is 3.21. The summed E-state index contributed by atoms with van der Waals surface area (Å²) in [7, 11) is 0. The Morgan fingerprint density at radius 1 is 0.783 bits per heavy atom. The summed E-state index contributed by atoms with van der Waals surface area (Å²) in [4.78, 5) is 0. The average molecular weight is 321 g/mol. The summed E-state index contributed by atoms with van der Waals surface area (Å²) >= 11 is 0. The van der Waals surface area contributed by atoms with Gasteiger partial charge in [0.25, 0.3) is 0 Å². The quantitative estimate of drug-likeness (QED) is 0.127. The van der Waals surface area contributed by atoms with E-state index in [1.165, 1.54) is 103 Å². The monoisotopic (exact) mass is 320 g/mol. The summed E-state index contributed by atoms with van der Waals surface area (Å²) in [6, 6.07) is 0. The first-order chi connectivity index (χ1) is 11.3. The van der Waals surface area contributed by atoms with Crippen molar-refractivity contribution in [3.05, 3.63) is 18.3 Å². The van der Waals surface area contributed by atoms with E-state index in [0.717, 1.165) is 5.92 Å². The normalized spacial score (nSPS) is 17.7. The van der Waals surface area contributed by atoms with Crippen molar-refractivity contribution in [1.29, 1.82) is 0 Å². The van der Waals surface area contributed by atoms with Crippen molar-refractivity contribution in [2.75, 3.05) is 0 Å². The molecule has 1 heteroatoms. The van der Waals surface area contributed by atoms with Crippen molar-refractivity contribution < 1.29 is 4.65 Å². The molecule has 1 aliphatic rings. The van der Waals surface area contributed by atoms with E-state index in [2.05, 4.69) is 26.6 Å². The zero-order chi connectivity index (χ0) is 17.2. The summed E-state index contributed by atoms with van der Waals surface area (Å²) in [5.41, 5.74) is 1.73. The van der Waals surface area contributed by atoms with Gasteiger partial charge in [-0.05, 0) is 25.2 Å². The molecule has 0 radical (unpaired) electrons. The van der Waals surface area contributed by atoms with E-state index in [-0.39, 0.29) is 0 Å². The first-order valence-electron chi connectivity index (χ1n) is 10.2. The molecule has 1 fully saturated rings. The average Bonchev–Trinajstić information content (AvgIpc) is 3.28. The van der Waals surface area contributed by atoms with Crippen LogP contribution in [0.3, 0.4) is 0 Å². The minimum atomic E-state index is 0.927. The van der Waals surface area contributed by atoms with E-state index in [4.69, 9.17) is 4.65 Å². The molecule has 134 valence electrons. The summed E-state index contributed by atoms with van der Waals surface area (Å²) in [6.45, 7) is 9.14. The van der Waals surface area contributed by atoms with E-state index in [9.17, 15) is 0 Å². The molecule has 0 spiro atoms. The molecule has 1 rings (SSSR count). The molecule has 0 saturated heterocycles. The zero-order valence-electron chi connectivity index (χ0n) is 15.9. The van der Waals surface area contributed by atoms with E-state index in [1.807, 2.05) is 0 Å². The van der Waals surface area contributed by atoms with Gasteiger partial charge in [0.2, 0.25) is 0 Å². The molecule has 1 atom stereocenters. The van der Waals surface area contributed by atoms with Gasteiger partial charge in [0.1, 0.15) is 0 Å². The second kappa shape index (κ2) is 17.8. The standard InChI is InChI=1S/C21H40.CO/c1-3-4-5-6-7-8-9-10-11-12-13-14-15-16-17-18-21-19-20(21)2;1-2/h18,20H,3-17,19H2,1-2H3;. The van der Waals surface area contributed by atoms with E-state index in [1.54, 1.807) is 5.57 Å². The maximum atomic E-state index is 7.50. The number of allylic oxidation sites excluding steroid dienone is 2. The van der Waals surface area contributed by atoms with E-state index in [0.29, 0.717) is 0 Å². The van der Waals surface area contributed by atoms with Crippen molar-refractivity contribution in [3.63, 3.8) is 0 Å². The van der Waals surface area contributed by atoms with Crippen molar-refractivity contribution >= 4 is 0 Å². The molecular formula is C22H40O. The fourth-order valence-electron chi connectivity index (χ4n) is 3.21. The third-order valence-electron chi connectivity index (χ3n) is 4.98. The van der Waals surface area contributed by atoms with Gasteiger partial charge in [-0.1, -0.05) is 109 Å². The third kappa shape index (κ3) is 16.1. The predicted molar refractivity (Wildman–Crippen MR) is 101 cm³/mol. The van der Waals surface area contributed by atoms with Crippen LogP contribution in [0.25, 0.3) is 0 Å². The molecule has 1 unspecified atom stereocenters. The molecule has 1 saturated carbocycles. The third-order valence-corrected chi connectivity index (χ3v) is 4.98. The molecule has 0 aromatic heterocycles. The predicted octanol–water partition coefficient (Wildman–Crippen LogP) is 7.79. The number of hydrogen-bond acceptors (Lipinski definition) is 0. The van der Waals surface area contributed by atoms with Gasteiger partial charge in [-0.15, -0.1) is 0 Å². The zero-order valence-corrected chi connectivity index (χ0v) is 15.9. The molecule has 0 aromatic rings. The summed E-state index contributed by atoms with van der Waals surface area (Å²) in [6.07, 6.45) is 25.7. The van der Waals surface area contributed by atoms with Gasteiger partial charge in [-0.2, -0.15) is 0 Å². The van der Waals surface area contributed by atoms with Crippen LogP contribution in [-0.4, -0.2) is 0 Å². The van der Waals surface area contributed by atoms with Crippen molar-refractivity contribution in [1.82, 2.24) is 0 Å². The van der Waals surface area contributed by atoms with Crippen LogP contribution < -0.4 is 0 Å². The van der Waals surface area contributed by atoms with Crippen molar-refractivity contribution in [3.8, 4) is 0 Å². The van der Waals surface area contributed by atoms with Gasteiger partial charge in [0.05, 0.1) is 0 Å². The molecular weight excluding hydrogens is 280 g/mol. The molecule has 0 aliphatic heterocycles. The first-order valence-corrected chi connectivity index (χ1v) is 10.2. The first kappa shape index (κ1) is 22.5. The topological polar surface area (TPSA) is 19.9 Å². The van der Waals surface area contributed by atoms with Gasteiger partial charge in [-0.25, -0.2) is 0 Å². The Morgan fingerprint density at radius 2 is 1.13 bits per heavy atom. The van der Waals surface area contributed by atoms with Crippen LogP contribution in [0, 0.1) is 12.6 Å². The Balaban J connectivity index is 0.00000232. The molecule has 0 bridgehead atoms. The molecule has 0 heterocycles. The Hall–Kier alpha value is -0.520. The minimum absolute atomic E-state index is 0.927. The molecule has 0 N–H and O–H groups in total. The number of rotatable bonds is 15. The molecule has 0 amide bonds. The van der Waals surface area contributed by atoms with Crippen molar-refractivity contribution in [2.45, 2.75) is 117 Å². The van der Waals surface area contributed by atoms with Gasteiger partial charge in [0.15, 0.2) is 0 Å². The van der Waals surface area contributed by atoms with Crippen LogP contribution in [0.4, 0.5) is 0 Å². The molecule has 23 heavy (non-hydrogen) atoms. The Labute approximate surface area is 146 Å². The van der Waals surface area contributed by atoms with Crippen LogP contribution in [0.1, 0.15) is 117 Å². The second-order valence-corrected chi connectivity index (χ2v) is 7.27. The Kier molecular flexibility index (Phi) is 17.4. The maximum absolute atomic E-state index is 7.50. The van der Waals surface area contributed by atoms with Gasteiger partial charge < -0.3 is 0 Å². The van der Waals surface area contributed by atoms with Crippen molar-refractivity contribution in [2.24, 2.45) is 5.92 Å². The van der Waals surface area contributed by atoms with Crippen LogP contribution >= 0.6 is 0 Å². The molecule has 0 aromatic carbocycles. The van der Waals surface area contributed by atoms with Crippen LogP contribution in [0.5, 0.6) is 0 Å². The molecule has 1 aliphatic carbocycles. The summed E-state index contributed by atoms with van der Waals surface area (Å²) in [5, 5.41) is 0. The number of unbranched alkanes of at least 4 members (excludes halogenated alkanes) is 14. The van der Waals surface area contributed by atoms with Crippen LogP contribution in [-0.2, 0) is 4.65 Å². The van der Waals surface area contributed by atoms with E-state index >= 15 is 0 Å². The fraction of sp³-hybridized carbons (Fsp3) is 0.864. The Morgan fingerprint density at radius 3 is 1.48 bits per heavy atom. The summed E-state index contributed by atoms with van der Waals surface area (Å²) in [5.74, 6) is 0.927. The second-order valence-electron chi connectivity index (χ2n) is 7.27. The van der Waals surface area contributed by atoms with Gasteiger partial charge >= 0.3 is 11.3 Å².